The minimum absolute atomic E-state index is 0.110. The van der Waals surface area contributed by atoms with E-state index in [1.54, 1.807) is 35.8 Å². The molecular weight excluding hydrogens is 393 g/mol. The third-order valence-corrected chi connectivity index (χ3v) is 5.10. The highest BCUT2D eigenvalue weighted by Gasteiger charge is 2.44. The van der Waals surface area contributed by atoms with Crippen molar-refractivity contribution >= 4 is 28.9 Å². The zero-order chi connectivity index (χ0) is 19.9. The predicted octanol–water partition coefficient (Wildman–Crippen LogP) is 3.54. The highest BCUT2D eigenvalue weighted by molar-refractivity contribution is 7.10. The third kappa shape index (κ3) is 3.24. The van der Waals surface area contributed by atoms with E-state index in [0.717, 1.165) is 4.68 Å². The molecule has 2 atom stereocenters. The summed E-state index contributed by atoms with van der Waals surface area (Å²) in [6.45, 7) is 3.84. The Morgan fingerprint density at radius 1 is 1.32 bits per heavy atom. The topological polar surface area (TPSA) is 84.7 Å². The molecule has 7 nitrogen and oxygen atoms in total. The number of fused-ring (bicyclic) bond motifs is 1. The van der Waals surface area contributed by atoms with Gasteiger partial charge in [0.25, 0.3) is 5.82 Å². The van der Waals surface area contributed by atoms with Gasteiger partial charge in [-0.15, -0.1) is 16.4 Å². The summed E-state index contributed by atoms with van der Waals surface area (Å²) in [6, 6.07) is 5.99. The summed E-state index contributed by atoms with van der Waals surface area (Å²) >= 11 is 1.31. The van der Waals surface area contributed by atoms with Gasteiger partial charge in [-0.2, -0.15) is 18.2 Å². The van der Waals surface area contributed by atoms with Gasteiger partial charge in [0, 0.05) is 16.8 Å². The summed E-state index contributed by atoms with van der Waals surface area (Å²) in [7, 11) is 0. The Morgan fingerprint density at radius 2 is 2.14 bits per heavy atom. The van der Waals surface area contributed by atoms with Crippen molar-refractivity contribution in [2.24, 2.45) is 5.92 Å². The lowest BCUT2D eigenvalue weighted by Crippen LogP contribution is -2.39. The Labute approximate surface area is 160 Å². The maximum Gasteiger partial charge on any atom is 0.453 e. The molecule has 3 aromatic rings. The molecule has 2 N–H and O–H groups in total. The second-order valence-electron chi connectivity index (χ2n) is 6.02. The first-order valence-electron chi connectivity index (χ1n) is 8.08. The van der Waals surface area contributed by atoms with Crippen molar-refractivity contribution in [2.75, 3.05) is 10.6 Å². The molecule has 0 bridgehead atoms. The fourth-order valence-corrected chi connectivity index (χ4v) is 3.83. The molecule has 0 unspecified atom stereocenters. The molecule has 28 heavy (non-hydrogen) atoms. The van der Waals surface area contributed by atoms with E-state index in [-0.39, 0.29) is 11.6 Å². The standard InChI is InChI=1S/C17H13F3N6OS/c1-9-12(14(27)23-10-4-2-6-21-8-10)13(11-5-3-7-28-11)26-16(22-9)24-15(25-26)17(18,19)20/h2-8,12-13H,1H2,(H,23,27)(H,22,24,25)/t12-,13+/m0/s1. The number of alkyl halides is 3. The highest BCUT2D eigenvalue weighted by atomic mass is 32.1. The zero-order valence-corrected chi connectivity index (χ0v) is 15.0. The van der Waals surface area contributed by atoms with E-state index < -0.39 is 29.9 Å². The van der Waals surface area contributed by atoms with E-state index in [0.29, 0.717) is 10.6 Å². The van der Waals surface area contributed by atoms with Crippen LogP contribution in [-0.4, -0.2) is 25.7 Å². The maximum atomic E-state index is 13.1. The number of amides is 1. The van der Waals surface area contributed by atoms with Crippen molar-refractivity contribution in [2.45, 2.75) is 12.2 Å². The summed E-state index contributed by atoms with van der Waals surface area (Å²) in [5, 5.41) is 10.8. The summed E-state index contributed by atoms with van der Waals surface area (Å²) in [6.07, 6.45) is -1.67. The number of carbonyl (C=O) groups is 1. The largest absolute Gasteiger partial charge is 0.453 e. The van der Waals surface area contributed by atoms with E-state index in [1.807, 2.05) is 0 Å². The van der Waals surface area contributed by atoms with Crippen LogP contribution >= 0.6 is 11.3 Å². The van der Waals surface area contributed by atoms with Gasteiger partial charge in [0.1, 0.15) is 12.0 Å². The van der Waals surface area contributed by atoms with Crippen molar-refractivity contribution in [3.05, 3.63) is 65.0 Å². The fraction of sp³-hybridized carbons (Fsp3) is 0.176. The minimum atomic E-state index is -4.71. The number of rotatable bonds is 3. The predicted molar refractivity (Wildman–Crippen MR) is 96.6 cm³/mol. The van der Waals surface area contributed by atoms with Gasteiger partial charge >= 0.3 is 6.18 Å². The molecule has 0 aliphatic carbocycles. The van der Waals surface area contributed by atoms with Crippen molar-refractivity contribution in [3.8, 4) is 0 Å². The van der Waals surface area contributed by atoms with Gasteiger partial charge in [-0.1, -0.05) is 12.6 Å². The van der Waals surface area contributed by atoms with Gasteiger partial charge in [0.15, 0.2) is 0 Å². The number of pyridine rings is 1. The first-order chi connectivity index (χ1) is 13.3. The molecule has 4 heterocycles. The average Bonchev–Trinajstić information content (AvgIpc) is 3.30. The number of anilines is 2. The van der Waals surface area contributed by atoms with Crippen LogP contribution in [0.4, 0.5) is 24.8 Å². The Morgan fingerprint density at radius 3 is 2.79 bits per heavy atom. The Bertz CT molecular complexity index is 1020. The quantitative estimate of drug-likeness (QED) is 0.695. The van der Waals surface area contributed by atoms with Crippen LogP contribution in [0.5, 0.6) is 0 Å². The number of hydrogen-bond donors (Lipinski definition) is 2. The van der Waals surface area contributed by atoms with Crippen LogP contribution in [0.25, 0.3) is 0 Å². The summed E-state index contributed by atoms with van der Waals surface area (Å²) in [5.74, 6) is -2.74. The molecule has 1 amide bonds. The second-order valence-corrected chi connectivity index (χ2v) is 7.00. The summed E-state index contributed by atoms with van der Waals surface area (Å²) in [5.41, 5.74) is 0.694. The highest BCUT2D eigenvalue weighted by Crippen LogP contribution is 2.41. The van der Waals surface area contributed by atoms with Gasteiger partial charge in [-0.05, 0) is 23.6 Å². The van der Waals surface area contributed by atoms with E-state index in [4.69, 9.17) is 0 Å². The first-order valence-corrected chi connectivity index (χ1v) is 8.96. The van der Waals surface area contributed by atoms with Crippen LogP contribution in [0.2, 0.25) is 0 Å². The van der Waals surface area contributed by atoms with Crippen molar-refractivity contribution in [3.63, 3.8) is 0 Å². The number of aromatic nitrogens is 4. The molecule has 144 valence electrons. The summed E-state index contributed by atoms with van der Waals surface area (Å²) < 4.78 is 40.4. The van der Waals surface area contributed by atoms with Gasteiger partial charge < -0.3 is 10.6 Å². The molecule has 4 rings (SSSR count). The fourth-order valence-electron chi connectivity index (χ4n) is 2.98. The van der Waals surface area contributed by atoms with E-state index >= 15 is 0 Å². The normalized spacial score (nSPS) is 19.0. The number of hydrogen-bond acceptors (Lipinski definition) is 6. The molecular formula is C17H13F3N6OS. The Hall–Kier alpha value is -3.21. The number of carbonyl (C=O) groups excluding carboxylic acids is 1. The van der Waals surface area contributed by atoms with E-state index in [1.165, 1.54) is 17.5 Å². The van der Waals surface area contributed by atoms with Crippen LogP contribution < -0.4 is 10.6 Å². The monoisotopic (exact) mass is 406 g/mol. The molecule has 0 fully saturated rings. The molecule has 1 aliphatic heterocycles. The SMILES string of the molecule is C=C1Nc2nc(C(F)(F)F)nn2[C@H](c2cccs2)[C@H]1C(=O)Nc1cccnc1. The lowest BCUT2D eigenvalue weighted by molar-refractivity contribution is -0.145. The van der Waals surface area contributed by atoms with Crippen LogP contribution in [0.15, 0.2) is 54.3 Å². The average molecular weight is 406 g/mol. The van der Waals surface area contributed by atoms with Crippen molar-refractivity contribution < 1.29 is 18.0 Å². The molecule has 0 radical (unpaired) electrons. The maximum absolute atomic E-state index is 13.1. The minimum Gasteiger partial charge on any atom is -0.328 e. The van der Waals surface area contributed by atoms with Crippen LogP contribution in [0.3, 0.4) is 0 Å². The van der Waals surface area contributed by atoms with Gasteiger partial charge in [-0.25, -0.2) is 4.68 Å². The van der Waals surface area contributed by atoms with E-state index in [2.05, 4.69) is 32.3 Å². The van der Waals surface area contributed by atoms with Crippen LogP contribution in [0.1, 0.15) is 16.7 Å². The lowest BCUT2D eigenvalue weighted by Gasteiger charge is -2.32. The van der Waals surface area contributed by atoms with Crippen molar-refractivity contribution in [1.82, 2.24) is 19.7 Å². The Balaban J connectivity index is 1.76. The van der Waals surface area contributed by atoms with E-state index in [9.17, 15) is 18.0 Å². The number of nitrogens with zero attached hydrogens (tertiary/aromatic N) is 4. The summed E-state index contributed by atoms with van der Waals surface area (Å²) in [4.78, 5) is 21.1. The molecule has 3 aromatic heterocycles. The molecule has 0 saturated carbocycles. The molecule has 0 saturated heterocycles. The smallest absolute Gasteiger partial charge is 0.328 e. The number of halogens is 3. The van der Waals surface area contributed by atoms with Gasteiger partial charge in [0.05, 0.1) is 11.9 Å². The van der Waals surface area contributed by atoms with Gasteiger partial charge in [0.2, 0.25) is 11.9 Å². The zero-order valence-electron chi connectivity index (χ0n) is 14.1. The van der Waals surface area contributed by atoms with Crippen LogP contribution in [0, 0.1) is 5.92 Å². The Kier molecular flexibility index (Phi) is 4.38. The number of nitrogens with one attached hydrogen (secondary N) is 2. The first kappa shape index (κ1) is 18.2. The molecule has 0 spiro atoms. The molecule has 1 aliphatic rings. The van der Waals surface area contributed by atoms with Gasteiger partial charge in [-0.3, -0.25) is 9.78 Å². The van der Waals surface area contributed by atoms with Crippen LogP contribution in [-0.2, 0) is 11.0 Å². The lowest BCUT2D eigenvalue weighted by atomic mass is 9.92. The molecule has 11 heteroatoms. The third-order valence-electron chi connectivity index (χ3n) is 4.16. The number of thiophene rings is 1. The second kappa shape index (κ2) is 6.75. The van der Waals surface area contributed by atoms with Crippen molar-refractivity contribution in [1.29, 1.82) is 0 Å². The molecule has 0 aromatic carbocycles.